The van der Waals surface area contributed by atoms with Gasteiger partial charge in [-0.3, -0.25) is 4.98 Å². The van der Waals surface area contributed by atoms with Crippen molar-refractivity contribution in [3.8, 4) is 0 Å². The molecular weight excluding hydrogens is 244 g/mol. The van der Waals surface area contributed by atoms with Crippen molar-refractivity contribution in [3.05, 3.63) is 24.0 Å². The Morgan fingerprint density at radius 1 is 1.39 bits per heavy atom. The molecule has 1 saturated carbocycles. The average Bonchev–Trinajstić information content (AvgIpc) is 2.28. The van der Waals surface area contributed by atoms with Gasteiger partial charge in [0, 0.05) is 23.5 Å². The average molecular weight is 267 g/mol. The first kappa shape index (κ1) is 13.7. The zero-order chi connectivity index (χ0) is 13.3. The molecule has 0 amide bonds. The molecule has 0 bridgehead atoms. The van der Waals surface area contributed by atoms with E-state index >= 15 is 0 Å². The smallest absolute Gasteiger partial charge is 0.0383 e. The Morgan fingerprint density at radius 3 is 2.72 bits per heavy atom. The highest BCUT2D eigenvalue weighted by atomic mass is 35.5. The van der Waals surface area contributed by atoms with Crippen LogP contribution in [0.1, 0.15) is 45.6 Å². The fourth-order valence-electron chi connectivity index (χ4n) is 3.27. The molecule has 1 aromatic rings. The minimum Gasteiger partial charge on any atom is -0.398 e. The van der Waals surface area contributed by atoms with Crippen molar-refractivity contribution >= 4 is 17.3 Å². The highest BCUT2D eigenvalue weighted by Gasteiger charge is 2.40. The first-order chi connectivity index (χ1) is 8.43. The normalized spacial score (nSPS) is 29.2. The minimum atomic E-state index is -0.00903. The van der Waals surface area contributed by atoms with E-state index < -0.39 is 0 Å². The lowest BCUT2D eigenvalue weighted by Crippen LogP contribution is -2.39. The topological polar surface area (TPSA) is 38.9 Å². The van der Waals surface area contributed by atoms with Gasteiger partial charge in [-0.1, -0.05) is 27.2 Å². The number of hydrogen-bond acceptors (Lipinski definition) is 2. The molecule has 0 saturated heterocycles. The molecule has 0 aromatic carbocycles. The minimum absolute atomic E-state index is 0.00903. The van der Waals surface area contributed by atoms with E-state index in [2.05, 4.69) is 25.8 Å². The fraction of sp³-hybridized carbons (Fsp3) is 0.667. The summed E-state index contributed by atoms with van der Waals surface area (Å²) < 4.78 is 0. The molecule has 2 N–H and O–H groups in total. The number of nitrogens with two attached hydrogens (primary N) is 1. The quantitative estimate of drug-likeness (QED) is 0.822. The van der Waals surface area contributed by atoms with E-state index in [0.29, 0.717) is 5.92 Å². The number of nitrogens with zero attached hydrogens (tertiary/aromatic N) is 1. The summed E-state index contributed by atoms with van der Waals surface area (Å²) in [6.45, 7) is 6.78. The van der Waals surface area contributed by atoms with Gasteiger partial charge in [-0.05, 0) is 41.7 Å². The molecule has 1 fully saturated rings. The summed E-state index contributed by atoms with van der Waals surface area (Å²) in [5, 5.41) is 0.239. The van der Waals surface area contributed by atoms with E-state index in [-0.39, 0.29) is 10.8 Å². The van der Waals surface area contributed by atoms with Gasteiger partial charge in [0.05, 0.1) is 0 Å². The summed E-state index contributed by atoms with van der Waals surface area (Å²) in [5.41, 5.74) is 8.06. The van der Waals surface area contributed by atoms with Crippen LogP contribution in [0.25, 0.3) is 0 Å². The molecule has 1 aliphatic rings. The van der Waals surface area contributed by atoms with E-state index in [1.165, 1.54) is 12.8 Å². The lowest BCUT2D eigenvalue weighted by Gasteiger charge is -2.42. The maximum Gasteiger partial charge on any atom is 0.0383 e. The molecule has 3 unspecified atom stereocenters. The third-order valence-electron chi connectivity index (χ3n) is 4.51. The third-order valence-corrected chi connectivity index (χ3v) is 4.99. The molecule has 100 valence electrons. The largest absolute Gasteiger partial charge is 0.398 e. The van der Waals surface area contributed by atoms with Gasteiger partial charge in [-0.2, -0.15) is 0 Å². The Balaban J connectivity index is 2.28. The van der Waals surface area contributed by atoms with Crippen molar-refractivity contribution in [1.82, 2.24) is 4.98 Å². The first-order valence-electron chi connectivity index (χ1n) is 6.77. The monoisotopic (exact) mass is 266 g/mol. The first-order valence-corrected chi connectivity index (χ1v) is 7.20. The second-order valence-corrected chi connectivity index (χ2v) is 6.79. The van der Waals surface area contributed by atoms with E-state index in [4.69, 9.17) is 17.3 Å². The zero-order valence-electron chi connectivity index (χ0n) is 11.5. The second kappa shape index (κ2) is 5.08. The lowest BCUT2D eigenvalue weighted by atomic mass is 9.65. The molecule has 3 heteroatoms. The van der Waals surface area contributed by atoms with Crippen LogP contribution in [0.3, 0.4) is 0 Å². The summed E-state index contributed by atoms with van der Waals surface area (Å²) >= 11 is 6.60. The van der Waals surface area contributed by atoms with Crippen LogP contribution in [0, 0.1) is 11.8 Å². The highest BCUT2D eigenvalue weighted by molar-refractivity contribution is 6.20. The number of hydrogen-bond donors (Lipinski definition) is 1. The maximum absolute atomic E-state index is 6.60. The maximum atomic E-state index is 6.60. The lowest BCUT2D eigenvalue weighted by molar-refractivity contribution is 0.208. The van der Waals surface area contributed by atoms with Crippen LogP contribution in [0.4, 0.5) is 5.69 Å². The molecule has 2 rings (SSSR count). The van der Waals surface area contributed by atoms with Crippen LogP contribution in [-0.4, -0.2) is 10.4 Å². The number of alkyl halides is 1. The highest BCUT2D eigenvalue weighted by Crippen LogP contribution is 2.45. The van der Waals surface area contributed by atoms with E-state index in [9.17, 15) is 0 Å². The fourth-order valence-corrected chi connectivity index (χ4v) is 4.01. The van der Waals surface area contributed by atoms with Gasteiger partial charge in [0.2, 0.25) is 0 Å². The number of nitrogen functional groups attached to an aromatic ring is 1. The van der Waals surface area contributed by atoms with Crippen LogP contribution in [0.5, 0.6) is 0 Å². The summed E-state index contributed by atoms with van der Waals surface area (Å²) in [6, 6.07) is 1.88. The summed E-state index contributed by atoms with van der Waals surface area (Å²) in [7, 11) is 0. The predicted molar refractivity (Wildman–Crippen MR) is 77.8 cm³/mol. The molecule has 1 heterocycles. The van der Waals surface area contributed by atoms with Gasteiger partial charge < -0.3 is 5.73 Å². The number of aromatic nitrogens is 1. The molecule has 2 nitrogen and oxygen atoms in total. The summed E-state index contributed by atoms with van der Waals surface area (Å²) in [6.07, 6.45) is 7.19. The molecule has 0 aliphatic heterocycles. The predicted octanol–water partition coefficient (Wildman–Crippen LogP) is 3.99. The van der Waals surface area contributed by atoms with E-state index in [0.717, 1.165) is 23.6 Å². The van der Waals surface area contributed by atoms with Crippen molar-refractivity contribution in [3.63, 3.8) is 0 Å². The Bertz CT molecular complexity index is 417. The molecule has 1 aromatic heterocycles. The SMILES string of the molecule is CC1CCC(C(C)(C)c2cnccc2N)C(Cl)C1. The van der Waals surface area contributed by atoms with Crippen LogP contribution in [0.2, 0.25) is 0 Å². The second-order valence-electron chi connectivity index (χ2n) is 6.23. The van der Waals surface area contributed by atoms with Crippen LogP contribution >= 0.6 is 11.6 Å². The molecule has 1 aliphatic carbocycles. The zero-order valence-corrected chi connectivity index (χ0v) is 12.2. The van der Waals surface area contributed by atoms with Crippen LogP contribution < -0.4 is 5.73 Å². The molecular formula is C15H23ClN2. The molecule has 0 spiro atoms. The Labute approximate surface area is 115 Å². The van der Waals surface area contributed by atoms with Crippen LogP contribution in [-0.2, 0) is 5.41 Å². The third kappa shape index (κ3) is 2.49. The standard InChI is InChI=1S/C15H23ClN2/c1-10-4-5-11(13(16)8-10)15(2,3)12-9-18-7-6-14(12)17/h6-7,9-11,13H,4-5,8H2,1-3H3,(H2,17,18). The van der Waals surface area contributed by atoms with Gasteiger partial charge in [0.15, 0.2) is 0 Å². The Hall–Kier alpha value is -0.760. The van der Waals surface area contributed by atoms with Crippen molar-refractivity contribution in [1.29, 1.82) is 0 Å². The molecule has 3 atom stereocenters. The van der Waals surface area contributed by atoms with Crippen LogP contribution in [0.15, 0.2) is 18.5 Å². The van der Waals surface area contributed by atoms with Gasteiger partial charge in [-0.25, -0.2) is 0 Å². The van der Waals surface area contributed by atoms with E-state index in [1.54, 1.807) is 6.20 Å². The Kier molecular flexibility index (Phi) is 3.86. The van der Waals surface area contributed by atoms with Gasteiger partial charge >= 0.3 is 0 Å². The van der Waals surface area contributed by atoms with Crippen molar-refractivity contribution in [2.24, 2.45) is 11.8 Å². The number of rotatable bonds is 2. The van der Waals surface area contributed by atoms with Crippen molar-refractivity contribution < 1.29 is 0 Å². The van der Waals surface area contributed by atoms with E-state index in [1.807, 2.05) is 12.3 Å². The van der Waals surface area contributed by atoms with Gasteiger partial charge in [0.25, 0.3) is 0 Å². The van der Waals surface area contributed by atoms with Gasteiger partial charge in [-0.15, -0.1) is 11.6 Å². The number of pyridine rings is 1. The Morgan fingerprint density at radius 2 is 2.11 bits per heavy atom. The molecule has 0 radical (unpaired) electrons. The van der Waals surface area contributed by atoms with Crippen molar-refractivity contribution in [2.75, 3.05) is 5.73 Å². The van der Waals surface area contributed by atoms with Crippen molar-refractivity contribution in [2.45, 2.75) is 50.8 Å². The summed E-state index contributed by atoms with van der Waals surface area (Å²) in [4.78, 5) is 4.22. The number of halogens is 1. The number of anilines is 1. The summed E-state index contributed by atoms with van der Waals surface area (Å²) in [5.74, 6) is 1.22. The van der Waals surface area contributed by atoms with Gasteiger partial charge in [0.1, 0.15) is 0 Å². The molecule has 18 heavy (non-hydrogen) atoms.